The van der Waals surface area contributed by atoms with Crippen molar-refractivity contribution in [2.24, 2.45) is 5.92 Å². The predicted molar refractivity (Wildman–Crippen MR) is 103 cm³/mol. The molecule has 7 nitrogen and oxygen atoms in total. The van der Waals surface area contributed by atoms with Gasteiger partial charge < -0.3 is 14.5 Å². The molecule has 3 unspecified atom stereocenters. The first kappa shape index (κ1) is 18.7. The number of aromatic nitrogens is 1. The van der Waals surface area contributed by atoms with Crippen molar-refractivity contribution in [3.8, 4) is 0 Å². The summed E-state index contributed by atoms with van der Waals surface area (Å²) in [6, 6.07) is 3.42. The SMILES string of the molecule is CC(C)C(C(=O)O)c1cc(N2CCN(CC3CCC4CCCN43)CC2)no1. The highest BCUT2D eigenvalue weighted by molar-refractivity contribution is 5.75. The zero-order valence-corrected chi connectivity index (χ0v) is 16.5. The summed E-state index contributed by atoms with van der Waals surface area (Å²) >= 11 is 0. The van der Waals surface area contributed by atoms with Crippen molar-refractivity contribution in [1.29, 1.82) is 0 Å². The molecule has 150 valence electrons. The van der Waals surface area contributed by atoms with Crippen molar-refractivity contribution >= 4 is 11.8 Å². The van der Waals surface area contributed by atoms with Crippen LogP contribution in [0.5, 0.6) is 0 Å². The Labute approximate surface area is 161 Å². The molecule has 0 aromatic carbocycles. The van der Waals surface area contributed by atoms with Crippen LogP contribution in [0.15, 0.2) is 10.6 Å². The molecule has 27 heavy (non-hydrogen) atoms. The Bertz CT molecular complexity index is 653. The molecule has 1 N–H and O–H groups in total. The van der Waals surface area contributed by atoms with Crippen LogP contribution in [0, 0.1) is 5.92 Å². The van der Waals surface area contributed by atoms with E-state index in [-0.39, 0.29) is 5.92 Å². The molecule has 0 radical (unpaired) electrons. The minimum Gasteiger partial charge on any atom is -0.481 e. The molecule has 0 bridgehead atoms. The Balaban J connectivity index is 1.31. The lowest BCUT2D eigenvalue weighted by Gasteiger charge is -2.37. The number of carboxylic acids is 1. The largest absolute Gasteiger partial charge is 0.481 e. The van der Waals surface area contributed by atoms with Gasteiger partial charge in [0.25, 0.3) is 0 Å². The van der Waals surface area contributed by atoms with E-state index < -0.39 is 11.9 Å². The maximum atomic E-state index is 11.5. The molecule has 3 atom stereocenters. The number of carbonyl (C=O) groups is 1. The van der Waals surface area contributed by atoms with E-state index in [0.29, 0.717) is 5.76 Å². The zero-order valence-electron chi connectivity index (χ0n) is 16.5. The van der Waals surface area contributed by atoms with Crippen molar-refractivity contribution < 1.29 is 14.4 Å². The molecule has 1 aromatic heterocycles. The maximum absolute atomic E-state index is 11.5. The highest BCUT2D eigenvalue weighted by Gasteiger charge is 2.37. The van der Waals surface area contributed by atoms with E-state index in [1.165, 1.54) is 38.8 Å². The van der Waals surface area contributed by atoms with Crippen LogP contribution in [0.25, 0.3) is 0 Å². The first-order valence-corrected chi connectivity index (χ1v) is 10.5. The Morgan fingerprint density at radius 3 is 2.70 bits per heavy atom. The average molecular weight is 377 g/mol. The zero-order chi connectivity index (χ0) is 19.0. The van der Waals surface area contributed by atoms with E-state index in [9.17, 15) is 9.90 Å². The highest BCUT2D eigenvalue weighted by Crippen LogP contribution is 2.33. The lowest BCUT2D eigenvalue weighted by Crippen LogP contribution is -2.50. The van der Waals surface area contributed by atoms with Gasteiger partial charge in [0.05, 0.1) is 0 Å². The predicted octanol–water partition coefficient (Wildman–Crippen LogP) is 2.25. The van der Waals surface area contributed by atoms with Crippen molar-refractivity contribution in [2.45, 2.75) is 57.5 Å². The minimum atomic E-state index is -0.853. The summed E-state index contributed by atoms with van der Waals surface area (Å²) in [6.07, 6.45) is 5.50. The van der Waals surface area contributed by atoms with Gasteiger partial charge in [-0.1, -0.05) is 19.0 Å². The Hall–Kier alpha value is -1.60. The van der Waals surface area contributed by atoms with E-state index in [1.807, 2.05) is 19.9 Å². The summed E-state index contributed by atoms with van der Waals surface area (Å²) in [4.78, 5) is 19.0. The van der Waals surface area contributed by atoms with Gasteiger partial charge in [-0.2, -0.15) is 0 Å². The van der Waals surface area contributed by atoms with E-state index in [0.717, 1.165) is 44.1 Å². The normalized spacial score (nSPS) is 28.0. The van der Waals surface area contributed by atoms with Gasteiger partial charge in [0.2, 0.25) is 0 Å². The second-order valence-corrected chi connectivity index (χ2v) is 8.70. The van der Waals surface area contributed by atoms with E-state index in [1.54, 1.807) is 0 Å². The molecule has 7 heteroatoms. The van der Waals surface area contributed by atoms with Gasteiger partial charge in [0.1, 0.15) is 5.92 Å². The molecule has 1 aromatic rings. The van der Waals surface area contributed by atoms with E-state index >= 15 is 0 Å². The van der Waals surface area contributed by atoms with Crippen molar-refractivity contribution in [1.82, 2.24) is 15.0 Å². The molecule has 0 aliphatic carbocycles. The molecular formula is C20H32N4O3. The highest BCUT2D eigenvalue weighted by atomic mass is 16.5. The number of piperazine rings is 1. The Kier molecular flexibility index (Phi) is 5.41. The fraction of sp³-hybridized carbons (Fsp3) is 0.800. The van der Waals surface area contributed by atoms with Gasteiger partial charge in [-0.3, -0.25) is 14.6 Å². The number of hydrogen-bond acceptors (Lipinski definition) is 6. The quantitative estimate of drug-likeness (QED) is 0.816. The lowest BCUT2D eigenvalue weighted by molar-refractivity contribution is -0.140. The van der Waals surface area contributed by atoms with Gasteiger partial charge in [-0.25, -0.2) is 0 Å². The molecule has 0 saturated carbocycles. The molecule has 3 saturated heterocycles. The number of fused-ring (bicyclic) bond motifs is 1. The van der Waals surface area contributed by atoms with Crippen LogP contribution in [0.2, 0.25) is 0 Å². The van der Waals surface area contributed by atoms with Crippen molar-refractivity contribution in [2.75, 3.05) is 44.2 Å². The summed E-state index contributed by atoms with van der Waals surface area (Å²) in [5.41, 5.74) is 0. The molecule has 4 heterocycles. The van der Waals surface area contributed by atoms with Crippen LogP contribution in [-0.2, 0) is 4.79 Å². The smallest absolute Gasteiger partial charge is 0.314 e. The second kappa shape index (κ2) is 7.80. The van der Waals surface area contributed by atoms with Crippen molar-refractivity contribution in [3.05, 3.63) is 11.8 Å². The van der Waals surface area contributed by atoms with Gasteiger partial charge in [0.15, 0.2) is 11.6 Å². The number of anilines is 1. The number of aliphatic carboxylic acids is 1. The number of hydrogen-bond donors (Lipinski definition) is 1. The van der Waals surface area contributed by atoms with Crippen LogP contribution in [-0.4, -0.2) is 77.4 Å². The standard InChI is InChI=1S/C20H32N4O3/c1-14(2)19(20(25)26)17-12-18(21-27-17)23-10-8-22(9-11-23)13-16-6-5-15-4-3-7-24(15)16/h12,14-16,19H,3-11,13H2,1-2H3,(H,25,26). The van der Waals surface area contributed by atoms with Gasteiger partial charge in [-0.15, -0.1) is 0 Å². The molecule has 3 aliphatic rings. The molecule has 0 spiro atoms. The van der Waals surface area contributed by atoms with Crippen LogP contribution >= 0.6 is 0 Å². The number of rotatable bonds is 6. The Morgan fingerprint density at radius 1 is 1.22 bits per heavy atom. The fourth-order valence-electron chi connectivity index (χ4n) is 5.16. The van der Waals surface area contributed by atoms with Gasteiger partial charge in [-0.05, 0) is 38.1 Å². The van der Waals surface area contributed by atoms with Crippen LogP contribution in [0.3, 0.4) is 0 Å². The average Bonchev–Trinajstić information content (AvgIpc) is 3.34. The summed E-state index contributed by atoms with van der Waals surface area (Å²) in [6.45, 7) is 10.2. The van der Waals surface area contributed by atoms with Crippen molar-refractivity contribution in [3.63, 3.8) is 0 Å². The third-order valence-corrected chi connectivity index (χ3v) is 6.65. The first-order chi connectivity index (χ1) is 13.0. The summed E-state index contributed by atoms with van der Waals surface area (Å²) in [5.74, 6) is -0.281. The van der Waals surface area contributed by atoms with E-state index in [2.05, 4.69) is 19.9 Å². The monoisotopic (exact) mass is 376 g/mol. The summed E-state index contributed by atoms with van der Waals surface area (Å²) in [7, 11) is 0. The van der Waals surface area contributed by atoms with Crippen LogP contribution in [0.1, 0.15) is 51.2 Å². The van der Waals surface area contributed by atoms with E-state index in [4.69, 9.17) is 4.52 Å². The molecule has 3 fully saturated rings. The van der Waals surface area contributed by atoms with Gasteiger partial charge in [0, 0.05) is 50.9 Å². The molecule has 3 aliphatic heterocycles. The second-order valence-electron chi connectivity index (χ2n) is 8.70. The van der Waals surface area contributed by atoms with Gasteiger partial charge >= 0.3 is 5.97 Å². The lowest BCUT2D eigenvalue weighted by atomic mass is 9.93. The van der Waals surface area contributed by atoms with Crippen LogP contribution in [0.4, 0.5) is 5.82 Å². The molecular weight excluding hydrogens is 344 g/mol. The number of nitrogens with zero attached hydrogens (tertiary/aromatic N) is 4. The maximum Gasteiger partial charge on any atom is 0.314 e. The Morgan fingerprint density at radius 2 is 2.00 bits per heavy atom. The third-order valence-electron chi connectivity index (χ3n) is 6.65. The minimum absolute atomic E-state index is 0.0269. The topological polar surface area (TPSA) is 73.1 Å². The molecule has 0 amide bonds. The summed E-state index contributed by atoms with van der Waals surface area (Å²) < 4.78 is 5.39. The molecule has 4 rings (SSSR count). The fourth-order valence-corrected chi connectivity index (χ4v) is 5.16. The first-order valence-electron chi connectivity index (χ1n) is 10.5. The number of carboxylic acid groups (broad SMARTS) is 1. The summed E-state index contributed by atoms with van der Waals surface area (Å²) in [5, 5.41) is 13.6. The van der Waals surface area contributed by atoms with Crippen LogP contribution < -0.4 is 4.90 Å². The third kappa shape index (κ3) is 3.85.